The predicted octanol–water partition coefficient (Wildman–Crippen LogP) is 4.43. The molecule has 0 aromatic heterocycles. The molecule has 0 saturated heterocycles. The Morgan fingerprint density at radius 1 is 1.11 bits per heavy atom. The van der Waals surface area contributed by atoms with Crippen molar-refractivity contribution in [1.82, 2.24) is 4.90 Å². The number of nitrogens with zero attached hydrogens (tertiary/aromatic N) is 1. The summed E-state index contributed by atoms with van der Waals surface area (Å²) >= 11 is 0. The van der Waals surface area contributed by atoms with Gasteiger partial charge in [-0.2, -0.15) is 0 Å². The zero-order valence-corrected chi connectivity index (χ0v) is 16.3. The van der Waals surface area contributed by atoms with Crippen molar-refractivity contribution in [2.24, 2.45) is 0 Å². The molecule has 144 valence electrons. The first-order chi connectivity index (χ1) is 12.9. The van der Waals surface area contributed by atoms with E-state index < -0.39 is 5.60 Å². The Hall–Kier alpha value is -2.53. The summed E-state index contributed by atoms with van der Waals surface area (Å²) in [6.07, 6.45) is -0.311. The Kier molecular flexibility index (Phi) is 6.01. The van der Waals surface area contributed by atoms with Crippen LogP contribution in [-0.4, -0.2) is 35.8 Å². The van der Waals surface area contributed by atoms with E-state index >= 15 is 0 Å². The number of carbonyl (C=O) groups is 1. The molecule has 1 amide bonds. The van der Waals surface area contributed by atoms with Gasteiger partial charge in [-0.1, -0.05) is 48.5 Å². The largest absolute Gasteiger partial charge is 0.444 e. The van der Waals surface area contributed by atoms with Gasteiger partial charge in [0.15, 0.2) is 0 Å². The minimum absolute atomic E-state index is 0.115. The zero-order valence-electron chi connectivity index (χ0n) is 16.3. The summed E-state index contributed by atoms with van der Waals surface area (Å²) in [6.45, 7) is 7.73. The molecule has 0 fully saturated rings. The van der Waals surface area contributed by atoms with Gasteiger partial charge in [0.2, 0.25) is 0 Å². The molecule has 1 heterocycles. The lowest BCUT2D eigenvalue weighted by molar-refractivity contribution is -0.000598. The normalized spacial score (nSPS) is 16.9. The first-order valence-corrected chi connectivity index (χ1v) is 9.35. The van der Waals surface area contributed by atoms with Crippen LogP contribution in [0.4, 0.5) is 10.5 Å². The van der Waals surface area contributed by atoms with E-state index in [0.29, 0.717) is 26.3 Å². The number of nitrogens with one attached hydrogen (secondary N) is 1. The molecule has 0 spiro atoms. The second-order valence-corrected chi connectivity index (χ2v) is 7.80. The van der Waals surface area contributed by atoms with E-state index in [0.717, 1.165) is 16.8 Å². The predicted molar refractivity (Wildman–Crippen MR) is 107 cm³/mol. The maximum atomic E-state index is 12.8. The van der Waals surface area contributed by atoms with E-state index in [4.69, 9.17) is 9.47 Å². The molecule has 1 aliphatic heterocycles. The van der Waals surface area contributed by atoms with Gasteiger partial charge in [-0.25, -0.2) is 4.79 Å². The minimum Gasteiger partial charge on any atom is -0.444 e. The van der Waals surface area contributed by atoms with Crippen molar-refractivity contribution in [1.29, 1.82) is 0 Å². The summed E-state index contributed by atoms with van der Waals surface area (Å²) in [6, 6.07) is 18.0. The molecular weight excluding hydrogens is 340 g/mol. The molecule has 5 nitrogen and oxygen atoms in total. The van der Waals surface area contributed by atoms with Crippen LogP contribution in [0.2, 0.25) is 0 Å². The maximum absolute atomic E-state index is 12.8. The van der Waals surface area contributed by atoms with Gasteiger partial charge in [0, 0.05) is 12.2 Å². The summed E-state index contributed by atoms with van der Waals surface area (Å²) < 4.78 is 11.6. The fourth-order valence-corrected chi connectivity index (χ4v) is 3.05. The van der Waals surface area contributed by atoms with Crippen molar-refractivity contribution in [3.8, 4) is 0 Å². The molecule has 1 N–H and O–H groups in total. The van der Waals surface area contributed by atoms with Gasteiger partial charge >= 0.3 is 6.09 Å². The zero-order chi connectivity index (χ0) is 19.3. The highest BCUT2D eigenvalue weighted by Crippen LogP contribution is 2.24. The SMILES string of the molecule is CC(C)(C)OC(=O)N1Cc2ccccc2NC[C@H]1COCc1ccccc1. The molecule has 5 heteroatoms. The van der Waals surface area contributed by atoms with Gasteiger partial charge in [0.05, 0.1) is 25.8 Å². The van der Waals surface area contributed by atoms with Crippen LogP contribution in [0.15, 0.2) is 54.6 Å². The lowest BCUT2D eigenvalue weighted by Crippen LogP contribution is -2.47. The highest BCUT2D eigenvalue weighted by Gasteiger charge is 2.31. The number of carbonyl (C=O) groups excluding carboxylic acids is 1. The standard InChI is InChI=1S/C22H28N2O3/c1-22(2,3)27-21(25)24-14-18-11-7-8-12-20(18)23-13-19(24)16-26-15-17-9-5-4-6-10-17/h4-12,19,23H,13-16H2,1-3H3/t19-/m0/s1. The second-order valence-electron chi connectivity index (χ2n) is 7.80. The van der Waals surface area contributed by atoms with Crippen molar-refractivity contribution in [3.05, 3.63) is 65.7 Å². The Labute approximate surface area is 161 Å². The molecule has 0 aliphatic carbocycles. The van der Waals surface area contributed by atoms with Crippen LogP contribution in [0.25, 0.3) is 0 Å². The Morgan fingerprint density at radius 3 is 2.56 bits per heavy atom. The number of hydrogen-bond donors (Lipinski definition) is 1. The quantitative estimate of drug-likeness (QED) is 0.867. The van der Waals surface area contributed by atoms with E-state index in [1.54, 1.807) is 4.90 Å². The number of hydrogen-bond acceptors (Lipinski definition) is 4. The molecule has 3 rings (SSSR count). The lowest BCUT2D eigenvalue weighted by atomic mass is 10.1. The summed E-state index contributed by atoms with van der Waals surface area (Å²) in [7, 11) is 0. The number of para-hydroxylation sites is 1. The Morgan fingerprint density at radius 2 is 1.81 bits per heavy atom. The van der Waals surface area contributed by atoms with Crippen LogP contribution < -0.4 is 5.32 Å². The molecule has 27 heavy (non-hydrogen) atoms. The van der Waals surface area contributed by atoms with E-state index in [1.165, 1.54) is 0 Å². The summed E-state index contributed by atoms with van der Waals surface area (Å²) in [5.74, 6) is 0. The van der Waals surface area contributed by atoms with E-state index in [9.17, 15) is 4.79 Å². The first-order valence-electron chi connectivity index (χ1n) is 9.35. The summed E-state index contributed by atoms with van der Waals surface area (Å²) in [5, 5.41) is 3.44. The number of anilines is 1. The fraction of sp³-hybridized carbons (Fsp3) is 0.409. The van der Waals surface area contributed by atoms with E-state index in [1.807, 2.05) is 75.4 Å². The molecule has 2 aromatic carbocycles. The number of fused-ring (bicyclic) bond motifs is 1. The van der Waals surface area contributed by atoms with Crippen LogP contribution in [0.5, 0.6) is 0 Å². The number of rotatable bonds is 4. The third-order valence-corrected chi connectivity index (χ3v) is 4.38. The van der Waals surface area contributed by atoms with Crippen LogP contribution in [-0.2, 0) is 22.6 Å². The van der Waals surface area contributed by atoms with Crippen LogP contribution in [0.3, 0.4) is 0 Å². The van der Waals surface area contributed by atoms with Gasteiger partial charge in [-0.05, 0) is 38.0 Å². The minimum atomic E-state index is -0.536. The molecule has 1 atom stereocenters. The first kappa shape index (κ1) is 19.2. The van der Waals surface area contributed by atoms with Crippen molar-refractivity contribution >= 4 is 11.8 Å². The van der Waals surface area contributed by atoms with Gasteiger partial charge in [0.25, 0.3) is 0 Å². The number of ether oxygens (including phenoxy) is 2. The summed E-state index contributed by atoms with van der Waals surface area (Å²) in [5.41, 5.74) is 2.71. The Bertz CT molecular complexity index is 756. The molecule has 0 bridgehead atoms. The van der Waals surface area contributed by atoms with Crippen LogP contribution in [0, 0.1) is 0 Å². The monoisotopic (exact) mass is 368 g/mol. The van der Waals surface area contributed by atoms with E-state index in [-0.39, 0.29) is 12.1 Å². The molecule has 2 aromatic rings. The topological polar surface area (TPSA) is 50.8 Å². The highest BCUT2D eigenvalue weighted by atomic mass is 16.6. The third kappa shape index (κ3) is 5.47. The fourth-order valence-electron chi connectivity index (χ4n) is 3.05. The van der Waals surface area contributed by atoms with Crippen molar-refractivity contribution < 1.29 is 14.3 Å². The average molecular weight is 368 g/mol. The van der Waals surface area contributed by atoms with Gasteiger partial charge in [0.1, 0.15) is 5.60 Å². The second kappa shape index (κ2) is 8.44. The molecule has 1 aliphatic rings. The molecular formula is C22H28N2O3. The maximum Gasteiger partial charge on any atom is 0.410 e. The Balaban J connectivity index is 1.71. The number of benzene rings is 2. The summed E-state index contributed by atoms with van der Waals surface area (Å²) in [4.78, 5) is 14.6. The van der Waals surface area contributed by atoms with Gasteiger partial charge in [-0.3, -0.25) is 4.90 Å². The van der Waals surface area contributed by atoms with Crippen molar-refractivity contribution in [2.45, 2.75) is 45.6 Å². The van der Waals surface area contributed by atoms with E-state index in [2.05, 4.69) is 5.32 Å². The van der Waals surface area contributed by atoms with Crippen LogP contribution in [0.1, 0.15) is 31.9 Å². The van der Waals surface area contributed by atoms with Crippen LogP contribution >= 0.6 is 0 Å². The smallest absolute Gasteiger partial charge is 0.410 e. The lowest BCUT2D eigenvalue weighted by Gasteiger charge is -2.32. The molecule has 0 unspecified atom stereocenters. The van der Waals surface area contributed by atoms with Crippen molar-refractivity contribution in [3.63, 3.8) is 0 Å². The van der Waals surface area contributed by atoms with Gasteiger partial charge in [-0.15, -0.1) is 0 Å². The highest BCUT2D eigenvalue weighted by molar-refractivity contribution is 5.70. The molecule has 0 saturated carbocycles. The average Bonchev–Trinajstić information content (AvgIpc) is 2.81. The third-order valence-electron chi connectivity index (χ3n) is 4.38. The van der Waals surface area contributed by atoms with Crippen molar-refractivity contribution in [2.75, 3.05) is 18.5 Å². The molecule has 0 radical (unpaired) electrons. The van der Waals surface area contributed by atoms with Gasteiger partial charge < -0.3 is 14.8 Å². The number of amides is 1.